The Morgan fingerprint density at radius 2 is 2.11 bits per heavy atom. The van der Waals surface area contributed by atoms with Crippen LogP contribution in [0.4, 0.5) is 5.00 Å². The van der Waals surface area contributed by atoms with Gasteiger partial charge in [0, 0.05) is 0 Å². The molecule has 94 valence electrons. The van der Waals surface area contributed by atoms with Crippen LogP contribution in [0.2, 0.25) is 0 Å². The number of amides is 1. The molecule has 2 aromatic heterocycles. The Hall–Kier alpha value is -1.18. The van der Waals surface area contributed by atoms with E-state index in [9.17, 15) is 9.59 Å². The fourth-order valence-electron chi connectivity index (χ4n) is 1.28. The number of nitrogens with one attached hydrogen (secondary N) is 1. The van der Waals surface area contributed by atoms with Crippen LogP contribution < -0.4 is 5.32 Å². The summed E-state index contributed by atoms with van der Waals surface area (Å²) in [6.45, 7) is 0. The molecule has 0 spiro atoms. The van der Waals surface area contributed by atoms with Gasteiger partial charge in [-0.3, -0.25) is 4.79 Å². The molecule has 2 rings (SSSR count). The van der Waals surface area contributed by atoms with E-state index in [-0.39, 0.29) is 5.91 Å². The third-order valence-corrected chi connectivity index (χ3v) is 4.55. The van der Waals surface area contributed by atoms with Crippen molar-refractivity contribution in [3.05, 3.63) is 37.8 Å². The summed E-state index contributed by atoms with van der Waals surface area (Å²) in [5, 5.41) is 4.93. The van der Waals surface area contributed by atoms with Gasteiger partial charge in [-0.1, -0.05) is 0 Å². The van der Waals surface area contributed by atoms with E-state index in [1.54, 1.807) is 23.6 Å². The van der Waals surface area contributed by atoms with E-state index < -0.39 is 5.97 Å². The fraction of sp³-hybridized carbons (Fsp3) is 0.0909. The first-order valence-corrected chi connectivity index (χ1v) is 7.33. The zero-order valence-electron chi connectivity index (χ0n) is 9.23. The highest BCUT2D eigenvalue weighted by atomic mass is 79.9. The monoisotopic (exact) mass is 345 g/mol. The first-order valence-electron chi connectivity index (χ1n) is 4.84. The molecule has 7 heteroatoms. The van der Waals surface area contributed by atoms with Crippen LogP contribution in [0.1, 0.15) is 20.0 Å². The molecule has 0 fully saturated rings. The highest BCUT2D eigenvalue weighted by Crippen LogP contribution is 2.27. The van der Waals surface area contributed by atoms with E-state index in [2.05, 4.69) is 26.0 Å². The normalized spacial score (nSPS) is 10.1. The predicted molar refractivity (Wildman–Crippen MR) is 75.6 cm³/mol. The predicted octanol–water partition coefficient (Wildman–Crippen LogP) is 3.61. The summed E-state index contributed by atoms with van der Waals surface area (Å²) in [4.78, 5) is 23.9. The Labute approximate surface area is 120 Å². The van der Waals surface area contributed by atoms with Crippen molar-refractivity contribution >= 4 is 55.5 Å². The van der Waals surface area contributed by atoms with Gasteiger partial charge in [0.15, 0.2) is 0 Å². The molecule has 0 saturated heterocycles. The Morgan fingerprint density at radius 1 is 1.33 bits per heavy atom. The van der Waals surface area contributed by atoms with Crippen LogP contribution in [0.25, 0.3) is 0 Å². The van der Waals surface area contributed by atoms with E-state index >= 15 is 0 Å². The smallest absolute Gasteiger partial charge is 0.340 e. The average Bonchev–Trinajstić information content (AvgIpc) is 2.97. The summed E-state index contributed by atoms with van der Waals surface area (Å²) in [5.74, 6) is -0.697. The standard InChI is InChI=1S/C11H8BrNO3S2/c1-16-11(15)6-4-5-17-10(6)13-9(14)7-2-3-8(12)18-7/h2-5H,1H3,(H,13,14). The van der Waals surface area contributed by atoms with Crippen molar-refractivity contribution < 1.29 is 14.3 Å². The minimum Gasteiger partial charge on any atom is -0.465 e. The molecular weight excluding hydrogens is 338 g/mol. The average molecular weight is 346 g/mol. The molecule has 0 aliphatic carbocycles. The zero-order valence-corrected chi connectivity index (χ0v) is 12.4. The lowest BCUT2D eigenvalue weighted by molar-refractivity contribution is 0.0602. The van der Waals surface area contributed by atoms with Crippen molar-refractivity contribution in [1.82, 2.24) is 0 Å². The summed E-state index contributed by atoms with van der Waals surface area (Å²) in [6.07, 6.45) is 0. The highest BCUT2D eigenvalue weighted by Gasteiger charge is 2.16. The van der Waals surface area contributed by atoms with Gasteiger partial charge in [0.25, 0.3) is 5.91 Å². The van der Waals surface area contributed by atoms with E-state index in [1.165, 1.54) is 29.8 Å². The zero-order chi connectivity index (χ0) is 13.1. The lowest BCUT2D eigenvalue weighted by atomic mass is 10.3. The SMILES string of the molecule is COC(=O)c1ccsc1NC(=O)c1ccc(Br)s1. The molecule has 0 aromatic carbocycles. The number of hydrogen-bond acceptors (Lipinski definition) is 5. The number of hydrogen-bond donors (Lipinski definition) is 1. The molecule has 1 N–H and O–H groups in total. The van der Waals surface area contributed by atoms with Gasteiger partial charge in [-0.2, -0.15) is 0 Å². The van der Waals surface area contributed by atoms with Crippen molar-refractivity contribution in [2.75, 3.05) is 12.4 Å². The van der Waals surface area contributed by atoms with E-state index in [4.69, 9.17) is 0 Å². The Bertz CT molecular complexity index is 591. The molecule has 0 saturated carbocycles. The minimum atomic E-state index is -0.459. The Kier molecular flexibility index (Phi) is 4.15. The molecule has 0 unspecified atom stereocenters. The first-order chi connectivity index (χ1) is 8.61. The Morgan fingerprint density at radius 3 is 2.72 bits per heavy atom. The van der Waals surface area contributed by atoms with Gasteiger partial charge >= 0.3 is 5.97 Å². The van der Waals surface area contributed by atoms with Crippen molar-refractivity contribution in [3.63, 3.8) is 0 Å². The van der Waals surface area contributed by atoms with Crippen LogP contribution in [0.3, 0.4) is 0 Å². The van der Waals surface area contributed by atoms with Gasteiger partial charge in [0.1, 0.15) is 5.00 Å². The van der Waals surface area contributed by atoms with Gasteiger partial charge in [-0.05, 0) is 39.5 Å². The maximum Gasteiger partial charge on any atom is 0.340 e. The molecule has 1 amide bonds. The summed E-state index contributed by atoms with van der Waals surface area (Å²) in [6, 6.07) is 5.14. The lowest BCUT2D eigenvalue weighted by Gasteiger charge is -2.03. The Balaban J connectivity index is 2.17. The molecule has 2 heterocycles. The molecule has 0 aliphatic heterocycles. The largest absolute Gasteiger partial charge is 0.465 e. The maximum absolute atomic E-state index is 11.9. The second-order valence-electron chi connectivity index (χ2n) is 3.21. The topological polar surface area (TPSA) is 55.4 Å². The van der Waals surface area contributed by atoms with E-state index in [1.807, 2.05) is 0 Å². The fourth-order valence-corrected chi connectivity index (χ4v) is 3.33. The summed E-state index contributed by atoms with van der Waals surface area (Å²) >= 11 is 5.91. The number of thiophene rings is 2. The second kappa shape index (κ2) is 5.64. The number of esters is 1. The van der Waals surface area contributed by atoms with Crippen molar-refractivity contribution in [2.24, 2.45) is 0 Å². The van der Waals surface area contributed by atoms with Crippen LogP contribution in [-0.2, 0) is 4.74 Å². The molecule has 2 aromatic rings. The van der Waals surface area contributed by atoms with Gasteiger partial charge < -0.3 is 10.1 Å². The van der Waals surface area contributed by atoms with Gasteiger partial charge in [-0.15, -0.1) is 22.7 Å². The molecule has 18 heavy (non-hydrogen) atoms. The maximum atomic E-state index is 11.9. The van der Waals surface area contributed by atoms with Crippen LogP contribution in [0, 0.1) is 0 Å². The van der Waals surface area contributed by atoms with Crippen molar-refractivity contribution in [3.8, 4) is 0 Å². The van der Waals surface area contributed by atoms with Crippen LogP contribution in [0.5, 0.6) is 0 Å². The van der Waals surface area contributed by atoms with E-state index in [0.29, 0.717) is 15.4 Å². The summed E-state index contributed by atoms with van der Waals surface area (Å²) < 4.78 is 5.52. The van der Waals surface area contributed by atoms with Gasteiger partial charge in [0.2, 0.25) is 0 Å². The molecule has 0 aliphatic rings. The number of carbonyl (C=O) groups is 2. The van der Waals surface area contributed by atoms with Crippen LogP contribution in [0.15, 0.2) is 27.4 Å². The molecular formula is C11H8BrNO3S2. The number of carbonyl (C=O) groups excluding carboxylic acids is 2. The number of ether oxygens (including phenoxy) is 1. The van der Waals surface area contributed by atoms with Crippen molar-refractivity contribution in [1.29, 1.82) is 0 Å². The number of methoxy groups -OCH3 is 1. The quantitative estimate of drug-likeness (QED) is 0.864. The minimum absolute atomic E-state index is 0.238. The van der Waals surface area contributed by atoms with E-state index in [0.717, 1.165) is 3.79 Å². The number of halogens is 1. The van der Waals surface area contributed by atoms with Crippen LogP contribution >= 0.6 is 38.6 Å². The van der Waals surface area contributed by atoms with Gasteiger partial charge in [0.05, 0.1) is 21.3 Å². The first kappa shape index (κ1) is 13.3. The number of anilines is 1. The molecule has 0 atom stereocenters. The highest BCUT2D eigenvalue weighted by molar-refractivity contribution is 9.11. The molecule has 0 radical (unpaired) electrons. The lowest BCUT2D eigenvalue weighted by Crippen LogP contribution is -2.12. The molecule has 4 nitrogen and oxygen atoms in total. The van der Waals surface area contributed by atoms with Crippen LogP contribution in [-0.4, -0.2) is 19.0 Å². The summed E-state index contributed by atoms with van der Waals surface area (Å²) in [5.41, 5.74) is 0.367. The summed E-state index contributed by atoms with van der Waals surface area (Å²) in [7, 11) is 1.31. The second-order valence-corrected chi connectivity index (χ2v) is 6.59. The number of rotatable bonds is 3. The third-order valence-electron chi connectivity index (χ3n) is 2.09. The molecule has 0 bridgehead atoms. The third kappa shape index (κ3) is 2.80. The van der Waals surface area contributed by atoms with Crippen molar-refractivity contribution in [2.45, 2.75) is 0 Å². The van der Waals surface area contributed by atoms with Gasteiger partial charge in [-0.25, -0.2) is 4.79 Å².